The van der Waals surface area contributed by atoms with Crippen LogP contribution < -0.4 is 19.5 Å². The first-order valence-electron chi connectivity index (χ1n) is 9.89. The second-order valence-corrected chi connectivity index (χ2v) is 7.67. The van der Waals surface area contributed by atoms with Crippen molar-refractivity contribution in [1.29, 1.82) is 0 Å². The SMILES string of the molecule is CCOc1cc(CNc2cc(C(=O)O)ccc2OC)cc(Cl)c1OCc1cccc(Cl)c1. The molecule has 0 unspecified atom stereocenters. The molecule has 0 radical (unpaired) electrons. The third kappa shape index (κ3) is 5.99. The number of methoxy groups -OCH3 is 1. The van der Waals surface area contributed by atoms with Gasteiger partial charge in [0.1, 0.15) is 12.4 Å². The molecule has 168 valence electrons. The summed E-state index contributed by atoms with van der Waals surface area (Å²) >= 11 is 12.6. The summed E-state index contributed by atoms with van der Waals surface area (Å²) in [6, 6.07) is 15.6. The van der Waals surface area contributed by atoms with Crippen LogP contribution in [0.2, 0.25) is 10.0 Å². The average molecular weight is 476 g/mol. The zero-order chi connectivity index (χ0) is 23.1. The van der Waals surface area contributed by atoms with Gasteiger partial charge in [-0.2, -0.15) is 0 Å². The van der Waals surface area contributed by atoms with Gasteiger partial charge in [-0.1, -0.05) is 35.3 Å². The molecule has 0 saturated heterocycles. The summed E-state index contributed by atoms with van der Waals surface area (Å²) < 4.78 is 17.0. The highest BCUT2D eigenvalue weighted by Crippen LogP contribution is 2.38. The van der Waals surface area contributed by atoms with Crippen LogP contribution in [0.1, 0.15) is 28.4 Å². The number of carbonyl (C=O) groups is 1. The van der Waals surface area contributed by atoms with Crippen LogP contribution in [0.15, 0.2) is 54.6 Å². The van der Waals surface area contributed by atoms with E-state index in [4.69, 9.17) is 37.4 Å². The van der Waals surface area contributed by atoms with Crippen molar-refractivity contribution in [3.8, 4) is 17.2 Å². The van der Waals surface area contributed by atoms with Crippen LogP contribution in [0.5, 0.6) is 17.2 Å². The first-order chi connectivity index (χ1) is 15.4. The Hall–Kier alpha value is -3.09. The van der Waals surface area contributed by atoms with E-state index in [1.807, 2.05) is 31.2 Å². The number of nitrogens with one attached hydrogen (secondary N) is 1. The van der Waals surface area contributed by atoms with Crippen molar-refractivity contribution in [1.82, 2.24) is 0 Å². The Labute approximate surface area is 196 Å². The Morgan fingerprint density at radius 2 is 1.81 bits per heavy atom. The van der Waals surface area contributed by atoms with Gasteiger partial charge in [0.15, 0.2) is 11.5 Å². The maximum absolute atomic E-state index is 11.3. The normalized spacial score (nSPS) is 10.5. The molecule has 2 N–H and O–H groups in total. The van der Waals surface area contributed by atoms with Crippen molar-refractivity contribution >= 4 is 34.9 Å². The Morgan fingerprint density at radius 3 is 2.50 bits per heavy atom. The summed E-state index contributed by atoms with van der Waals surface area (Å²) in [5, 5.41) is 13.5. The fourth-order valence-electron chi connectivity index (χ4n) is 3.09. The van der Waals surface area contributed by atoms with Gasteiger partial charge in [0.05, 0.1) is 30.0 Å². The van der Waals surface area contributed by atoms with E-state index >= 15 is 0 Å². The Balaban J connectivity index is 1.80. The van der Waals surface area contributed by atoms with Crippen LogP contribution in [0.4, 0.5) is 5.69 Å². The highest BCUT2D eigenvalue weighted by atomic mass is 35.5. The molecule has 3 aromatic carbocycles. The molecule has 0 aromatic heterocycles. The number of anilines is 1. The summed E-state index contributed by atoms with van der Waals surface area (Å²) in [6.45, 7) is 2.97. The molecule has 0 spiro atoms. The van der Waals surface area contributed by atoms with Gasteiger partial charge in [0.2, 0.25) is 0 Å². The number of carboxylic acids is 1. The number of aromatic carboxylic acids is 1. The minimum atomic E-state index is -1.02. The van der Waals surface area contributed by atoms with Crippen LogP contribution in [-0.2, 0) is 13.2 Å². The van der Waals surface area contributed by atoms with Crippen molar-refractivity contribution in [2.24, 2.45) is 0 Å². The summed E-state index contributed by atoms with van der Waals surface area (Å²) in [6.07, 6.45) is 0. The van der Waals surface area contributed by atoms with Crippen molar-refractivity contribution in [3.05, 3.63) is 81.3 Å². The molecule has 0 amide bonds. The standard InChI is InChI=1S/C24H23Cl2NO5/c1-3-31-22-11-16(13-27-20-12-17(24(28)29)7-8-21(20)30-2)10-19(26)23(22)32-14-15-5-4-6-18(25)9-15/h4-12,27H,3,13-14H2,1-2H3,(H,28,29). The van der Waals surface area contributed by atoms with Crippen molar-refractivity contribution in [2.75, 3.05) is 19.0 Å². The topological polar surface area (TPSA) is 77.0 Å². The summed E-state index contributed by atoms with van der Waals surface area (Å²) in [5.41, 5.74) is 2.46. The number of ether oxygens (including phenoxy) is 3. The number of hydrogen-bond donors (Lipinski definition) is 2. The van der Waals surface area contributed by atoms with Crippen molar-refractivity contribution < 1.29 is 24.1 Å². The minimum Gasteiger partial charge on any atom is -0.495 e. The van der Waals surface area contributed by atoms with Crippen LogP contribution in [-0.4, -0.2) is 24.8 Å². The zero-order valence-electron chi connectivity index (χ0n) is 17.7. The van der Waals surface area contributed by atoms with Gasteiger partial charge in [0.25, 0.3) is 0 Å². The van der Waals surface area contributed by atoms with E-state index in [0.29, 0.717) is 46.1 Å². The van der Waals surface area contributed by atoms with Gasteiger partial charge in [-0.15, -0.1) is 0 Å². The monoisotopic (exact) mass is 475 g/mol. The van der Waals surface area contributed by atoms with Gasteiger partial charge >= 0.3 is 5.97 Å². The van der Waals surface area contributed by atoms with Crippen molar-refractivity contribution in [2.45, 2.75) is 20.1 Å². The van der Waals surface area contributed by atoms with Gasteiger partial charge in [-0.3, -0.25) is 0 Å². The van der Waals surface area contributed by atoms with Gasteiger partial charge in [-0.25, -0.2) is 4.79 Å². The number of benzene rings is 3. The molecule has 0 aliphatic rings. The quantitative estimate of drug-likeness (QED) is 0.358. The maximum Gasteiger partial charge on any atom is 0.335 e. The molecule has 0 fully saturated rings. The minimum absolute atomic E-state index is 0.158. The predicted molar refractivity (Wildman–Crippen MR) is 126 cm³/mol. The maximum atomic E-state index is 11.3. The van der Waals surface area contributed by atoms with E-state index in [1.54, 1.807) is 18.2 Å². The lowest BCUT2D eigenvalue weighted by Crippen LogP contribution is -2.06. The highest BCUT2D eigenvalue weighted by Gasteiger charge is 2.14. The highest BCUT2D eigenvalue weighted by molar-refractivity contribution is 6.32. The van der Waals surface area contributed by atoms with E-state index in [0.717, 1.165) is 11.1 Å². The fourth-order valence-corrected chi connectivity index (χ4v) is 3.59. The number of carboxylic acid groups (broad SMARTS) is 1. The molecule has 0 heterocycles. The number of halogens is 2. The molecule has 3 rings (SSSR count). The molecule has 32 heavy (non-hydrogen) atoms. The first-order valence-corrected chi connectivity index (χ1v) is 10.6. The smallest absolute Gasteiger partial charge is 0.335 e. The van der Waals surface area contributed by atoms with E-state index in [1.165, 1.54) is 19.2 Å². The summed E-state index contributed by atoms with van der Waals surface area (Å²) in [7, 11) is 1.52. The third-order valence-corrected chi connectivity index (χ3v) is 5.09. The predicted octanol–water partition coefficient (Wildman–Crippen LogP) is 6.29. The van der Waals surface area contributed by atoms with E-state index < -0.39 is 5.97 Å². The number of hydrogen-bond acceptors (Lipinski definition) is 5. The van der Waals surface area contributed by atoms with E-state index in [-0.39, 0.29) is 12.2 Å². The number of rotatable bonds is 10. The lowest BCUT2D eigenvalue weighted by Gasteiger charge is -2.17. The zero-order valence-corrected chi connectivity index (χ0v) is 19.2. The van der Waals surface area contributed by atoms with Gasteiger partial charge in [0, 0.05) is 11.6 Å². The van der Waals surface area contributed by atoms with Crippen LogP contribution >= 0.6 is 23.2 Å². The molecular formula is C24H23Cl2NO5. The molecule has 3 aromatic rings. The molecule has 8 heteroatoms. The van der Waals surface area contributed by atoms with E-state index in [2.05, 4.69) is 5.32 Å². The Morgan fingerprint density at radius 1 is 1.00 bits per heavy atom. The van der Waals surface area contributed by atoms with Crippen LogP contribution in [0.25, 0.3) is 0 Å². The lowest BCUT2D eigenvalue weighted by atomic mass is 10.1. The first kappa shape index (κ1) is 23.6. The molecule has 0 atom stereocenters. The molecule has 0 aliphatic carbocycles. The lowest BCUT2D eigenvalue weighted by molar-refractivity contribution is 0.0697. The van der Waals surface area contributed by atoms with Crippen LogP contribution in [0, 0.1) is 0 Å². The van der Waals surface area contributed by atoms with Gasteiger partial charge < -0.3 is 24.6 Å². The second kappa shape index (κ2) is 11.0. The van der Waals surface area contributed by atoms with Crippen LogP contribution in [0.3, 0.4) is 0 Å². The average Bonchev–Trinajstić information content (AvgIpc) is 2.77. The fraction of sp³-hybridized carbons (Fsp3) is 0.208. The molecule has 0 aliphatic heterocycles. The second-order valence-electron chi connectivity index (χ2n) is 6.83. The van der Waals surface area contributed by atoms with Crippen molar-refractivity contribution in [3.63, 3.8) is 0 Å². The third-order valence-electron chi connectivity index (χ3n) is 4.57. The van der Waals surface area contributed by atoms with Gasteiger partial charge in [-0.05, 0) is 60.5 Å². The Kier molecular flexibility index (Phi) is 8.09. The largest absolute Gasteiger partial charge is 0.495 e. The summed E-state index contributed by atoms with van der Waals surface area (Å²) in [5.74, 6) is 0.485. The molecule has 6 nitrogen and oxygen atoms in total. The Bertz CT molecular complexity index is 1100. The molecule has 0 bridgehead atoms. The van der Waals surface area contributed by atoms with E-state index in [9.17, 15) is 9.90 Å². The summed E-state index contributed by atoms with van der Waals surface area (Å²) in [4.78, 5) is 11.3. The molecular weight excluding hydrogens is 453 g/mol. The molecule has 0 saturated carbocycles.